The lowest BCUT2D eigenvalue weighted by atomic mass is 10.0. The zero-order valence-corrected chi connectivity index (χ0v) is 9.71. The molecule has 0 unspecified atom stereocenters. The molecule has 14 heavy (non-hydrogen) atoms. The van der Waals surface area contributed by atoms with Gasteiger partial charge in [0.25, 0.3) is 4.80 Å². The summed E-state index contributed by atoms with van der Waals surface area (Å²) in [5.41, 5.74) is 0. The summed E-state index contributed by atoms with van der Waals surface area (Å²) in [6, 6.07) is 0. The summed E-state index contributed by atoms with van der Waals surface area (Å²) in [5.74, 6) is 1.17. The number of sulfone groups is 1. The van der Waals surface area contributed by atoms with E-state index in [0.29, 0.717) is 23.5 Å². The molecule has 1 aliphatic heterocycles. The smallest absolute Gasteiger partial charge is 0.293 e. The van der Waals surface area contributed by atoms with Gasteiger partial charge in [0.15, 0.2) is 5.82 Å². The number of halogens is 1. The van der Waals surface area contributed by atoms with Gasteiger partial charge in [-0.3, -0.25) is 0 Å². The molecule has 2 rings (SSSR count). The molecule has 1 saturated heterocycles. The SMILES string of the molecule is O=S1(=O)CCC(c2noc(Br)n2)CC1. The fourth-order valence-corrected chi connectivity index (χ4v) is 3.27. The van der Waals surface area contributed by atoms with Gasteiger partial charge in [0.1, 0.15) is 9.84 Å². The van der Waals surface area contributed by atoms with Gasteiger partial charge in [-0.2, -0.15) is 4.98 Å². The second kappa shape index (κ2) is 3.62. The molecule has 1 aromatic heterocycles. The van der Waals surface area contributed by atoms with Gasteiger partial charge in [0, 0.05) is 21.8 Å². The Morgan fingerprint density at radius 1 is 1.36 bits per heavy atom. The number of aromatic nitrogens is 2. The molecule has 0 saturated carbocycles. The van der Waals surface area contributed by atoms with Gasteiger partial charge in [-0.25, -0.2) is 8.42 Å². The van der Waals surface area contributed by atoms with Crippen LogP contribution in [0.3, 0.4) is 0 Å². The van der Waals surface area contributed by atoms with Gasteiger partial charge in [-0.1, -0.05) is 5.16 Å². The standard InChI is InChI=1S/C7H9BrN2O3S/c8-7-9-6(10-13-7)5-1-3-14(11,12)4-2-5/h5H,1-4H2. The Morgan fingerprint density at radius 2 is 2.00 bits per heavy atom. The van der Waals surface area contributed by atoms with Crippen LogP contribution in [-0.4, -0.2) is 30.1 Å². The molecule has 1 aliphatic rings. The van der Waals surface area contributed by atoms with E-state index in [4.69, 9.17) is 4.52 Å². The maximum absolute atomic E-state index is 11.2. The van der Waals surface area contributed by atoms with Crippen LogP contribution < -0.4 is 0 Å². The molecular weight excluding hydrogens is 272 g/mol. The molecule has 5 nitrogen and oxygen atoms in total. The first kappa shape index (κ1) is 10.1. The summed E-state index contributed by atoms with van der Waals surface area (Å²) < 4.78 is 27.1. The van der Waals surface area contributed by atoms with E-state index in [1.807, 2.05) is 0 Å². The van der Waals surface area contributed by atoms with Gasteiger partial charge in [0.2, 0.25) is 0 Å². The monoisotopic (exact) mass is 280 g/mol. The highest BCUT2D eigenvalue weighted by Crippen LogP contribution is 2.27. The molecule has 0 radical (unpaired) electrons. The third kappa shape index (κ3) is 2.14. The largest absolute Gasteiger partial charge is 0.327 e. The zero-order chi connectivity index (χ0) is 10.2. The van der Waals surface area contributed by atoms with Gasteiger partial charge in [0.05, 0.1) is 11.5 Å². The van der Waals surface area contributed by atoms with Crippen LogP contribution in [0.1, 0.15) is 24.6 Å². The summed E-state index contributed by atoms with van der Waals surface area (Å²) in [4.78, 5) is 4.37. The van der Waals surface area contributed by atoms with E-state index in [1.165, 1.54) is 0 Å². The topological polar surface area (TPSA) is 73.1 Å². The maximum Gasteiger partial charge on any atom is 0.293 e. The number of hydrogen-bond donors (Lipinski definition) is 0. The van der Waals surface area contributed by atoms with Crippen LogP contribution in [0, 0.1) is 0 Å². The van der Waals surface area contributed by atoms with Crippen LogP contribution in [0.5, 0.6) is 0 Å². The molecule has 1 fully saturated rings. The van der Waals surface area contributed by atoms with E-state index in [1.54, 1.807) is 0 Å². The molecule has 7 heteroatoms. The van der Waals surface area contributed by atoms with Crippen molar-refractivity contribution in [3.63, 3.8) is 0 Å². The summed E-state index contributed by atoms with van der Waals surface area (Å²) in [6.07, 6.45) is 1.18. The third-order valence-electron chi connectivity index (χ3n) is 2.34. The first-order chi connectivity index (χ1) is 6.57. The molecule has 0 N–H and O–H groups in total. The van der Waals surface area contributed by atoms with Crippen LogP contribution in [0.2, 0.25) is 0 Å². The summed E-state index contributed by atoms with van der Waals surface area (Å²) >= 11 is 3.06. The molecule has 0 aromatic carbocycles. The van der Waals surface area contributed by atoms with Crippen LogP contribution >= 0.6 is 15.9 Å². The van der Waals surface area contributed by atoms with Crippen molar-refractivity contribution < 1.29 is 12.9 Å². The van der Waals surface area contributed by atoms with Crippen molar-refractivity contribution in [3.05, 3.63) is 10.6 Å². The quantitative estimate of drug-likeness (QED) is 0.771. The average Bonchev–Trinajstić information content (AvgIpc) is 2.52. The second-order valence-electron chi connectivity index (χ2n) is 3.33. The average molecular weight is 281 g/mol. The first-order valence-corrected chi connectivity index (χ1v) is 6.88. The normalized spacial score (nSPS) is 22.4. The summed E-state index contributed by atoms with van der Waals surface area (Å²) in [7, 11) is -2.81. The lowest BCUT2D eigenvalue weighted by Gasteiger charge is -2.18. The van der Waals surface area contributed by atoms with Gasteiger partial charge >= 0.3 is 0 Å². The molecule has 0 bridgehead atoms. The highest BCUT2D eigenvalue weighted by atomic mass is 79.9. The Kier molecular flexibility index (Phi) is 2.61. The molecule has 78 valence electrons. The van der Waals surface area contributed by atoms with Crippen molar-refractivity contribution in [1.82, 2.24) is 10.1 Å². The van der Waals surface area contributed by atoms with Crippen molar-refractivity contribution in [1.29, 1.82) is 0 Å². The molecule has 0 atom stereocenters. The van der Waals surface area contributed by atoms with Crippen molar-refractivity contribution >= 4 is 25.8 Å². The van der Waals surface area contributed by atoms with Crippen LogP contribution in [-0.2, 0) is 9.84 Å². The van der Waals surface area contributed by atoms with Crippen molar-refractivity contribution in [3.8, 4) is 0 Å². The Balaban J connectivity index is 2.09. The Morgan fingerprint density at radius 3 is 2.50 bits per heavy atom. The lowest BCUT2D eigenvalue weighted by molar-refractivity contribution is 0.382. The minimum Gasteiger partial charge on any atom is -0.327 e. The first-order valence-electron chi connectivity index (χ1n) is 4.26. The number of hydrogen-bond acceptors (Lipinski definition) is 5. The Bertz CT molecular complexity index is 414. The van der Waals surface area contributed by atoms with E-state index in [2.05, 4.69) is 26.1 Å². The van der Waals surface area contributed by atoms with Crippen LogP contribution in [0.15, 0.2) is 9.32 Å². The van der Waals surface area contributed by atoms with E-state index >= 15 is 0 Å². The second-order valence-corrected chi connectivity index (χ2v) is 6.31. The molecule has 1 aromatic rings. The van der Waals surface area contributed by atoms with E-state index in [-0.39, 0.29) is 17.4 Å². The highest BCUT2D eigenvalue weighted by Gasteiger charge is 2.27. The van der Waals surface area contributed by atoms with E-state index in [0.717, 1.165) is 0 Å². The minimum absolute atomic E-state index is 0.119. The van der Waals surface area contributed by atoms with E-state index < -0.39 is 9.84 Å². The maximum atomic E-state index is 11.2. The predicted octanol–water partition coefficient (Wildman–Crippen LogP) is 1.12. The van der Waals surface area contributed by atoms with Crippen molar-refractivity contribution in [2.45, 2.75) is 18.8 Å². The van der Waals surface area contributed by atoms with Gasteiger partial charge < -0.3 is 4.52 Å². The zero-order valence-electron chi connectivity index (χ0n) is 7.31. The van der Waals surface area contributed by atoms with Crippen molar-refractivity contribution in [2.75, 3.05) is 11.5 Å². The molecule has 2 heterocycles. The van der Waals surface area contributed by atoms with E-state index in [9.17, 15) is 8.42 Å². The van der Waals surface area contributed by atoms with Crippen LogP contribution in [0.25, 0.3) is 0 Å². The Labute approximate surface area is 89.9 Å². The molecular formula is C7H9BrN2O3S. The summed E-state index contributed by atoms with van der Waals surface area (Å²) in [5, 5.41) is 3.76. The number of nitrogens with zero attached hydrogens (tertiary/aromatic N) is 2. The van der Waals surface area contributed by atoms with Crippen molar-refractivity contribution in [2.24, 2.45) is 0 Å². The fraction of sp³-hybridized carbons (Fsp3) is 0.714. The highest BCUT2D eigenvalue weighted by molar-refractivity contribution is 9.10. The van der Waals surface area contributed by atoms with Crippen LogP contribution in [0.4, 0.5) is 0 Å². The Hall–Kier alpha value is -0.430. The molecule has 0 amide bonds. The third-order valence-corrected chi connectivity index (χ3v) is 4.37. The molecule has 0 aliphatic carbocycles. The molecule has 0 spiro atoms. The van der Waals surface area contributed by atoms with Gasteiger partial charge in [-0.05, 0) is 12.8 Å². The van der Waals surface area contributed by atoms with Gasteiger partial charge in [-0.15, -0.1) is 0 Å². The summed E-state index contributed by atoms with van der Waals surface area (Å²) in [6.45, 7) is 0. The lowest BCUT2D eigenvalue weighted by Crippen LogP contribution is -2.22. The predicted molar refractivity (Wildman–Crippen MR) is 52.6 cm³/mol. The minimum atomic E-state index is -2.81. The fourth-order valence-electron chi connectivity index (χ4n) is 1.53. The number of rotatable bonds is 1.